The highest BCUT2D eigenvalue weighted by atomic mass is 19.4. The number of hydrogen-bond acceptors (Lipinski definition) is 2. The number of carbonyl (C=O) groups excluding carboxylic acids is 1. The predicted molar refractivity (Wildman–Crippen MR) is 35.8 cm³/mol. The van der Waals surface area contributed by atoms with Crippen LogP contribution in [0.2, 0.25) is 0 Å². The second-order valence-corrected chi connectivity index (χ2v) is 2.29. The molecular formula is C7H4F3NO2. The van der Waals surface area contributed by atoms with Crippen LogP contribution in [0.4, 0.5) is 13.2 Å². The van der Waals surface area contributed by atoms with Gasteiger partial charge in [0.25, 0.3) is 5.69 Å². The number of rotatable bonds is 1. The van der Waals surface area contributed by atoms with Gasteiger partial charge in [-0.1, -0.05) is 0 Å². The van der Waals surface area contributed by atoms with Gasteiger partial charge in [-0.05, 0) is 6.07 Å². The Labute approximate surface area is 71.0 Å². The maximum Gasteiger partial charge on any atom is 0.478 e. The van der Waals surface area contributed by atoms with Crippen molar-refractivity contribution in [1.29, 1.82) is 0 Å². The van der Waals surface area contributed by atoms with Crippen molar-refractivity contribution >= 4 is 6.29 Å². The van der Waals surface area contributed by atoms with E-state index in [1.54, 1.807) is 0 Å². The van der Waals surface area contributed by atoms with Crippen molar-refractivity contribution in [2.24, 2.45) is 0 Å². The van der Waals surface area contributed by atoms with Gasteiger partial charge in [0.2, 0.25) is 0 Å². The minimum atomic E-state index is -4.69. The summed E-state index contributed by atoms with van der Waals surface area (Å²) in [5.41, 5.74) is -1.43. The first-order chi connectivity index (χ1) is 5.95. The molecule has 0 aliphatic heterocycles. The summed E-state index contributed by atoms with van der Waals surface area (Å²) in [5.74, 6) is 0. The SMILES string of the molecule is O=Cc1ccc(C(F)(F)F)[n+]([O-])c1. The molecule has 70 valence electrons. The molecule has 1 heterocycles. The van der Waals surface area contributed by atoms with Crippen LogP contribution < -0.4 is 4.73 Å². The lowest BCUT2D eigenvalue weighted by Crippen LogP contribution is -2.36. The van der Waals surface area contributed by atoms with Gasteiger partial charge in [0, 0.05) is 6.07 Å². The summed E-state index contributed by atoms with van der Waals surface area (Å²) in [6.45, 7) is 0. The predicted octanol–water partition coefficient (Wildman–Crippen LogP) is 1.15. The number of pyridine rings is 1. The van der Waals surface area contributed by atoms with Crippen molar-refractivity contribution in [2.75, 3.05) is 0 Å². The molecule has 0 atom stereocenters. The van der Waals surface area contributed by atoms with E-state index in [0.717, 1.165) is 6.07 Å². The monoisotopic (exact) mass is 191 g/mol. The molecule has 13 heavy (non-hydrogen) atoms. The molecule has 0 saturated heterocycles. The number of hydrogen-bond donors (Lipinski definition) is 0. The summed E-state index contributed by atoms with van der Waals surface area (Å²) < 4.78 is 35.6. The molecule has 1 aromatic rings. The topological polar surface area (TPSA) is 44.0 Å². The van der Waals surface area contributed by atoms with Crippen LogP contribution in [0.5, 0.6) is 0 Å². The fourth-order valence-corrected chi connectivity index (χ4v) is 0.786. The van der Waals surface area contributed by atoms with Crippen molar-refractivity contribution in [3.8, 4) is 0 Å². The molecule has 0 aromatic carbocycles. The second-order valence-electron chi connectivity index (χ2n) is 2.29. The van der Waals surface area contributed by atoms with Crippen molar-refractivity contribution < 1.29 is 22.7 Å². The molecule has 0 radical (unpaired) electrons. The Balaban J connectivity index is 3.20. The molecule has 0 aliphatic rings. The number of halogens is 3. The average Bonchev–Trinajstić information content (AvgIpc) is 2.01. The van der Waals surface area contributed by atoms with Gasteiger partial charge in [0.05, 0.1) is 5.56 Å². The van der Waals surface area contributed by atoms with Gasteiger partial charge in [-0.25, -0.2) is 0 Å². The highest BCUT2D eigenvalue weighted by Gasteiger charge is 2.39. The summed E-state index contributed by atoms with van der Waals surface area (Å²) in [7, 11) is 0. The largest absolute Gasteiger partial charge is 0.618 e. The minimum absolute atomic E-state index is 0.0944. The van der Waals surface area contributed by atoms with Crippen LogP contribution in [0.1, 0.15) is 16.1 Å². The highest BCUT2D eigenvalue weighted by Crippen LogP contribution is 2.25. The van der Waals surface area contributed by atoms with Crippen molar-refractivity contribution in [3.05, 3.63) is 34.8 Å². The first-order valence-corrected chi connectivity index (χ1v) is 3.21. The van der Waals surface area contributed by atoms with Crippen molar-refractivity contribution in [2.45, 2.75) is 6.18 Å². The Hall–Kier alpha value is -1.59. The maximum absolute atomic E-state index is 12.0. The van der Waals surface area contributed by atoms with Gasteiger partial charge < -0.3 is 5.21 Å². The molecule has 0 bridgehead atoms. The molecule has 0 aliphatic carbocycles. The van der Waals surface area contributed by atoms with Crippen LogP contribution in [0.25, 0.3) is 0 Å². The van der Waals surface area contributed by atoms with E-state index in [4.69, 9.17) is 0 Å². The number of alkyl halides is 3. The fourth-order valence-electron chi connectivity index (χ4n) is 0.786. The first kappa shape index (κ1) is 9.50. The standard InChI is InChI=1S/C7H4F3NO2/c8-7(9,10)6-2-1-5(4-12)3-11(6)13/h1-4H. The summed E-state index contributed by atoms with van der Waals surface area (Å²) in [6.07, 6.45) is -3.81. The Morgan fingerprint density at radius 2 is 2.00 bits per heavy atom. The van der Waals surface area contributed by atoms with Crippen molar-refractivity contribution in [1.82, 2.24) is 0 Å². The first-order valence-electron chi connectivity index (χ1n) is 3.21. The van der Waals surface area contributed by atoms with Crippen molar-refractivity contribution in [3.63, 3.8) is 0 Å². The number of aldehydes is 1. The molecule has 0 unspecified atom stereocenters. The van der Waals surface area contributed by atoms with E-state index in [1.165, 1.54) is 0 Å². The number of nitrogens with zero attached hydrogens (tertiary/aromatic N) is 1. The zero-order chi connectivity index (χ0) is 10.1. The lowest BCUT2D eigenvalue weighted by atomic mass is 10.2. The fraction of sp³-hybridized carbons (Fsp3) is 0.143. The van der Waals surface area contributed by atoms with E-state index >= 15 is 0 Å². The van der Waals surface area contributed by atoms with Gasteiger partial charge >= 0.3 is 6.18 Å². The van der Waals surface area contributed by atoms with E-state index in [2.05, 4.69) is 0 Å². The maximum atomic E-state index is 12.0. The minimum Gasteiger partial charge on any atom is -0.618 e. The summed E-state index contributed by atoms with van der Waals surface area (Å²) >= 11 is 0. The third kappa shape index (κ3) is 1.95. The summed E-state index contributed by atoms with van der Waals surface area (Å²) in [5, 5.41) is 10.7. The van der Waals surface area contributed by atoms with Crippen LogP contribution in [0.3, 0.4) is 0 Å². The average molecular weight is 191 g/mol. The van der Waals surface area contributed by atoms with Gasteiger partial charge in [0.15, 0.2) is 12.5 Å². The van der Waals surface area contributed by atoms with Crippen LogP contribution >= 0.6 is 0 Å². The Morgan fingerprint density at radius 3 is 2.38 bits per heavy atom. The second kappa shape index (κ2) is 3.04. The summed E-state index contributed by atoms with van der Waals surface area (Å²) in [6, 6.07) is 1.50. The van der Waals surface area contributed by atoms with Crippen LogP contribution in [-0.2, 0) is 6.18 Å². The Bertz CT molecular complexity index is 335. The highest BCUT2D eigenvalue weighted by molar-refractivity contribution is 5.73. The third-order valence-corrected chi connectivity index (χ3v) is 1.36. The van der Waals surface area contributed by atoms with Gasteiger partial charge in [-0.2, -0.15) is 17.9 Å². The van der Waals surface area contributed by atoms with E-state index in [0.29, 0.717) is 18.5 Å². The van der Waals surface area contributed by atoms with Gasteiger partial charge in [-0.15, -0.1) is 0 Å². The van der Waals surface area contributed by atoms with Crippen LogP contribution in [0.15, 0.2) is 18.3 Å². The molecule has 0 saturated carbocycles. The molecule has 0 N–H and O–H groups in total. The quantitative estimate of drug-likeness (QED) is 0.379. The third-order valence-electron chi connectivity index (χ3n) is 1.36. The molecule has 0 amide bonds. The molecule has 0 spiro atoms. The van der Waals surface area contributed by atoms with Gasteiger partial charge in [0.1, 0.15) is 0 Å². The molecule has 0 fully saturated rings. The smallest absolute Gasteiger partial charge is 0.478 e. The van der Waals surface area contributed by atoms with E-state index in [9.17, 15) is 23.2 Å². The summed E-state index contributed by atoms with van der Waals surface area (Å²) in [4.78, 5) is 10.1. The van der Waals surface area contributed by atoms with E-state index < -0.39 is 11.9 Å². The molecule has 3 nitrogen and oxygen atoms in total. The van der Waals surface area contributed by atoms with E-state index in [1.807, 2.05) is 0 Å². The van der Waals surface area contributed by atoms with E-state index in [-0.39, 0.29) is 10.3 Å². The van der Waals surface area contributed by atoms with Crippen LogP contribution in [-0.4, -0.2) is 6.29 Å². The molecule has 1 aromatic heterocycles. The molecule has 6 heteroatoms. The zero-order valence-electron chi connectivity index (χ0n) is 6.21. The van der Waals surface area contributed by atoms with Gasteiger partial charge in [-0.3, -0.25) is 4.79 Å². The number of aromatic nitrogens is 1. The number of carbonyl (C=O) groups is 1. The Morgan fingerprint density at radius 1 is 1.38 bits per heavy atom. The zero-order valence-corrected chi connectivity index (χ0v) is 6.21. The van der Waals surface area contributed by atoms with Crippen LogP contribution in [0, 0.1) is 5.21 Å². The lowest BCUT2D eigenvalue weighted by Gasteiger charge is -2.06. The molecular weight excluding hydrogens is 187 g/mol. The normalized spacial score (nSPS) is 11.3. The lowest BCUT2D eigenvalue weighted by molar-refractivity contribution is -0.629. The Kier molecular flexibility index (Phi) is 2.22. The molecule has 1 rings (SSSR count).